The molecule has 0 saturated carbocycles. The van der Waals surface area contributed by atoms with Crippen molar-refractivity contribution in [3.63, 3.8) is 0 Å². The molecule has 35 heavy (non-hydrogen) atoms. The number of carbonyl (C=O) groups is 2. The Morgan fingerprint density at radius 2 is 1.63 bits per heavy atom. The first-order valence-corrected chi connectivity index (χ1v) is 10.4. The molecule has 0 unspecified atom stereocenters. The van der Waals surface area contributed by atoms with E-state index in [-0.39, 0.29) is 27.2 Å². The number of nitrogens with zero attached hydrogens (tertiary/aromatic N) is 2. The molecule has 1 aromatic heterocycles. The molecule has 1 N–H and O–H groups in total. The maximum absolute atomic E-state index is 12.9. The number of hydrogen-bond donors (Lipinski definition) is 1. The second-order valence-corrected chi connectivity index (χ2v) is 7.67. The minimum absolute atomic E-state index is 0.125. The molecule has 0 atom stereocenters. The van der Waals surface area contributed by atoms with Gasteiger partial charge in [0.1, 0.15) is 0 Å². The maximum Gasteiger partial charge on any atom is 0.416 e. The molecular weight excluding hydrogens is 487 g/mol. The summed E-state index contributed by atoms with van der Waals surface area (Å²) in [5.74, 6) is -1.92. The van der Waals surface area contributed by atoms with Crippen LogP contribution in [0.4, 0.5) is 18.9 Å². The lowest BCUT2D eigenvalue weighted by Gasteiger charge is -2.12. The number of amides is 1. The summed E-state index contributed by atoms with van der Waals surface area (Å²) in [6.45, 7) is -0.828. The van der Waals surface area contributed by atoms with E-state index in [4.69, 9.17) is 16.3 Å². The van der Waals surface area contributed by atoms with Crippen molar-refractivity contribution >= 4 is 39.9 Å². The van der Waals surface area contributed by atoms with Crippen molar-refractivity contribution in [2.75, 3.05) is 11.9 Å². The lowest BCUT2D eigenvalue weighted by Crippen LogP contribution is -2.26. The predicted molar refractivity (Wildman–Crippen MR) is 123 cm³/mol. The number of esters is 1. The highest BCUT2D eigenvalue weighted by Gasteiger charge is 2.31. The number of alkyl halides is 3. The summed E-state index contributed by atoms with van der Waals surface area (Å²) in [6, 6.07) is 17.1. The number of halogens is 4. The monoisotopic (exact) mass is 501 g/mol. The van der Waals surface area contributed by atoms with Crippen LogP contribution >= 0.6 is 11.6 Å². The van der Waals surface area contributed by atoms with Crippen molar-refractivity contribution < 1.29 is 27.5 Å². The zero-order valence-electron chi connectivity index (χ0n) is 17.7. The van der Waals surface area contributed by atoms with Gasteiger partial charge in [0.05, 0.1) is 27.3 Å². The summed E-state index contributed by atoms with van der Waals surface area (Å²) in [5, 5.41) is 6.63. The molecule has 178 valence electrons. The molecule has 0 bridgehead atoms. The summed E-state index contributed by atoms with van der Waals surface area (Å²) in [6.07, 6.45) is -4.63. The highest BCUT2D eigenvalue weighted by atomic mass is 35.5. The Balaban J connectivity index is 1.58. The van der Waals surface area contributed by atoms with Crippen LogP contribution < -0.4 is 10.9 Å². The number of benzene rings is 3. The maximum atomic E-state index is 12.9. The van der Waals surface area contributed by atoms with E-state index in [1.165, 1.54) is 12.1 Å². The Morgan fingerprint density at radius 3 is 2.31 bits per heavy atom. The van der Waals surface area contributed by atoms with Crippen molar-refractivity contribution in [2.45, 2.75) is 6.18 Å². The van der Waals surface area contributed by atoms with Gasteiger partial charge in [-0.3, -0.25) is 9.59 Å². The normalized spacial score (nSPS) is 11.3. The van der Waals surface area contributed by atoms with Crippen molar-refractivity contribution in [1.29, 1.82) is 0 Å². The van der Waals surface area contributed by atoms with Gasteiger partial charge in [0.15, 0.2) is 12.3 Å². The first kappa shape index (κ1) is 24.0. The van der Waals surface area contributed by atoms with Gasteiger partial charge in [0, 0.05) is 5.39 Å². The average molecular weight is 502 g/mol. The smallest absolute Gasteiger partial charge is 0.416 e. The molecule has 0 fully saturated rings. The number of fused-ring (bicyclic) bond motifs is 1. The molecule has 0 aliphatic heterocycles. The van der Waals surface area contributed by atoms with E-state index >= 15 is 0 Å². The van der Waals surface area contributed by atoms with Gasteiger partial charge in [-0.2, -0.15) is 23.0 Å². The number of aromatic nitrogens is 2. The third kappa shape index (κ3) is 5.17. The molecule has 1 heterocycles. The Kier molecular flexibility index (Phi) is 6.57. The average Bonchev–Trinajstić information content (AvgIpc) is 2.84. The number of anilines is 1. The molecule has 1 amide bonds. The van der Waals surface area contributed by atoms with Crippen LogP contribution in [0, 0.1) is 0 Å². The minimum Gasteiger partial charge on any atom is -0.451 e. The van der Waals surface area contributed by atoms with Crippen molar-refractivity contribution in [3.8, 4) is 5.69 Å². The van der Waals surface area contributed by atoms with Crippen molar-refractivity contribution in [3.05, 3.63) is 99.4 Å². The standard InChI is InChI=1S/C24H15ClF3N3O4/c25-18-11-10-14(24(26,27)28)12-19(18)29-20(32)13-35-23(34)21-16-8-4-5-9-17(16)22(33)31(30-21)15-6-2-1-3-7-15/h1-12H,13H2,(H,29,32). The van der Waals surface area contributed by atoms with Gasteiger partial charge < -0.3 is 10.1 Å². The van der Waals surface area contributed by atoms with Crippen molar-refractivity contribution in [1.82, 2.24) is 9.78 Å². The Labute approximate surface area is 200 Å². The Morgan fingerprint density at radius 1 is 0.971 bits per heavy atom. The number of ether oxygens (including phenoxy) is 1. The number of para-hydroxylation sites is 1. The van der Waals surface area contributed by atoms with Crippen LogP contribution in [-0.2, 0) is 15.7 Å². The number of nitrogens with one attached hydrogen (secondary N) is 1. The molecule has 4 rings (SSSR count). The topological polar surface area (TPSA) is 90.3 Å². The van der Waals surface area contributed by atoms with Gasteiger partial charge in [-0.25, -0.2) is 4.79 Å². The van der Waals surface area contributed by atoms with E-state index in [0.29, 0.717) is 11.8 Å². The van der Waals surface area contributed by atoms with E-state index in [2.05, 4.69) is 10.4 Å². The lowest BCUT2D eigenvalue weighted by molar-refractivity contribution is -0.137. The highest BCUT2D eigenvalue weighted by molar-refractivity contribution is 6.33. The minimum atomic E-state index is -4.63. The first-order chi connectivity index (χ1) is 16.6. The molecule has 3 aromatic carbocycles. The van der Waals surface area contributed by atoms with E-state index in [1.54, 1.807) is 42.5 Å². The van der Waals surface area contributed by atoms with E-state index in [9.17, 15) is 27.6 Å². The Bertz CT molecular complexity index is 1490. The SMILES string of the molecule is O=C(COC(=O)c1nn(-c2ccccc2)c(=O)c2ccccc12)Nc1cc(C(F)(F)F)ccc1Cl. The van der Waals surface area contributed by atoms with Gasteiger partial charge in [-0.05, 0) is 36.4 Å². The predicted octanol–water partition coefficient (Wildman–Crippen LogP) is 4.85. The van der Waals surface area contributed by atoms with Gasteiger partial charge in [0.2, 0.25) is 0 Å². The molecule has 0 radical (unpaired) electrons. The van der Waals surface area contributed by atoms with Crippen LogP contribution in [0.2, 0.25) is 5.02 Å². The van der Waals surface area contributed by atoms with Gasteiger partial charge in [0.25, 0.3) is 11.5 Å². The lowest BCUT2D eigenvalue weighted by atomic mass is 10.1. The zero-order chi connectivity index (χ0) is 25.2. The molecule has 11 heteroatoms. The molecule has 4 aromatic rings. The van der Waals surface area contributed by atoms with Gasteiger partial charge in [-0.15, -0.1) is 0 Å². The molecule has 0 spiro atoms. The summed E-state index contributed by atoms with van der Waals surface area (Å²) < 4.78 is 44.9. The third-order valence-electron chi connectivity index (χ3n) is 4.90. The van der Waals surface area contributed by atoms with Crippen LogP contribution in [-0.4, -0.2) is 28.3 Å². The number of rotatable bonds is 5. The summed E-state index contributed by atoms with van der Waals surface area (Å²) in [5.41, 5.74) is -1.56. The number of carbonyl (C=O) groups excluding carboxylic acids is 2. The van der Waals surface area contributed by atoms with E-state index < -0.39 is 35.8 Å². The quantitative estimate of drug-likeness (QED) is 0.395. The Hall–Kier alpha value is -4.18. The fraction of sp³-hybridized carbons (Fsp3) is 0.0833. The molecular formula is C24H15ClF3N3O4. The van der Waals surface area contributed by atoms with Crippen LogP contribution in [0.5, 0.6) is 0 Å². The molecule has 7 nitrogen and oxygen atoms in total. The second-order valence-electron chi connectivity index (χ2n) is 7.26. The van der Waals surface area contributed by atoms with Gasteiger partial charge >= 0.3 is 12.1 Å². The van der Waals surface area contributed by atoms with Crippen LogP contribution in [0.3, 0.4) is 0 Å². The zero-order valence-corrected chi connectivity index (χ0v) is 18.4. The van der Waals surface area contributed by atoms with Crippen LogP contribution in [0.15, 0.2) is 77.6 Å². The summed E-state index contributed by atoms with van der Waals surface area (Å²) >= 11 is 5.87. The molecule has 0 aliphatic carbocycles. The van der Waals surface area contributed by atoms with Crippen LogP contribution in [0.1, 0.15) is 16.1 Å². The summed E-state index contributed by atoms with van der Waals surface area (Å²) in [7, 11) is 0. The molecule has 0 saturated heterocycles. The third-order valence-corrected chi connectivity index (χ3v) is 5.23. The first-order valence-electron chi connectivity index (χ1n) is 10.1. The molecule has 0 aliphatic rings. The second kappa shape index (κ2) is 9.59. The summed E-state index contributed by atoms with van der Waals surface area (Å²) in [4.78, 5) is 38.0. The van der Waals surface area contributed by atoms with Crippen LogP contribution in [0.25, 0.3) is 16.5 Å². The highest BCUT2D eigenvalue weighted by Crippen LogP contribution is 2.33. The van der Waals surface area contributed by atoms with E-state index in [1.807, 2.05) is 0 Å². The van der Waals surface area contributed by atoms with E-state index in [0.717, 1.165) is 16.8 Å². The van der Waals surface area contributed by atoms with Gasteiger partial charge in [-0.1, -0.05) is 48.0 Å². The van der Waals surface area contributed by atoms with Crippen molar-refractivity contribution in [2.24, 2.45) is 0 Å². The number of hydrogen-bond acceptors (Lipinski definition) is 5. The fourth-order valence-corrected chi connectivity index (χ4v) is 3.43. The largest absolute Gasteiger partial charge is 0.451 e. The fourth-order valence-electron chi connectivity index (χ4n) is 3.27.